The maximum Gasteiger partial charge on any atom is 0.311 e. The molecule has 2 aromatic heterocycles. The van der Waals surface area contributed by atoms with Gasteiger partial charge < -0.3 is 9.47 Å². The molecule has 2 heterocycles. The summed E-state index contributed by atoms with van der Waals surface area (Å²) in [4.78, 5) is 29.8. The fourth-order valence-electron chi connectivity index (χ4n) is 3.03. The summed E-state index contributed by atoms with van der Waals surface area (Å²) in [5.74, 6) is 0.754. The first-order valence-corrected chi connectivity index (χ1v) is 10.2. The number of imidazole rings is 1. The van der Waals surface area contributed by atoms with Crippen LogP contribution in [0.2, 0.25) is 0 Å². The monoisotopic (exact) mass is 400 g/mol. The smallest absolute Gasteiger partial charge is 0.311 e. The zero-order valence-corrected chi connectivity index (χ0v) is 17.3. The Balaban J connectivity index is 2.08. The second kappa shape index (κ2) is 8.56. The van der Waals surface area contributed by atoms with Gasteiger partial charge in [-0.2, -0.15) is 0 Å². The van der Waals surface area contributed by atoms with Crippen LogP contribution in [0.3, 0.4) is 0 Å². The quantitative estimate of drug-likeness (QED) is 0.411. The average Bonchev–Trinajstić information content (AvgIpc) is 3.18. The summed E-state index contributed by atoms with van der Waals surface area (Å²) in [6, 6.07) is 6.01. The van der Waals surface area contributed by atoms with Crippen molar-refractivity contribution >= 4 is 28.6 Å². The molecule has 0 atom stereocenters. The normalized spacial score (nSPS) is 11.2. The Hall–Kier alpha value is -2.67. The summed E-state index contributed by atoms with van der Waals surface area (Å²) in [5.41, 5.74) is 2.99. The van der Waals surface area contributed by atoms with Crippen molar-refractivity contribution in [2.24, 2.45) is 0 Å². The Labute approximate surface area is 168 Å². The van der Waals surface area contributed by atoms with Crippen molar-refractivity contribution in [2.75, 3.05) is 13.2 Å². The van der Waals surface area contributed by atoms with Gasteiger partial charge in [-0.05, 0) is 37.5 Å². The molecule has 6 nitrogen and oxygen atoms in total. The first-order valence-electron chi connectivity index (χ1n) is 9.37. The molecule has 3 rings (SSSR count). The van der Waals surface area contributed by atoms with Crippen molar-refractivity contribution in [1.29, 1.82) is 0 Å². The van der Waals surface area contributed by atoms with Gasteiger partial charge in [0.15, 0.2) is 11.2 Å². The summed E-state index contributed by atoms with van der Waals surface area (Å²) >= 11 is 1.38. The molecule has 148 valence electrons. The molecule has 0 saturated heterocycles. The van der Waals surface area contributed by atoms with Crippen molar-refractivity contribution < 1.29 is 19.1 Å². The fraction of sp³-hybridized carbons (Fsp3) is 0.381. The zero-order valence-electron chi connectivity index (χ0n) is 16.5. The minimum absolute atomic E-state index is 0.169. The van der Waals surface area contributed by atoms with E-state index >= 15 is 0 Å². The van der Waals surface area contributed by atoms with Gasteiger partial charge in [0, 0.05) is 16.6 Å². The van der Waals surface area contributed by atoms with E-state index in [0.29, 0.717) is 41.2 Å². The highest BCUT2D eigenvalue weighted by molar-refractivity contribution is 7.17. The lowest BCUT2D eigenvalue weighted by molar-refractivity contribution is -0.142. The van der Waals surface area contributed by atoms with Crippen LogP contribution in [-0.2, 0) is 16.0 Å². The molecule has 0 unspecified atom stereocenters. The maximum absolute atomic E-state index is 11.9. The summed E-state index contributed by atoms with van der Waals surface area (Å²) in [5, 5.41) is 0. The number of hydrogen-bond donors (Lipinski definition) is 0. The van der Waals surface area contributed by atoms with Gasteiger partial charge in [-0.3, -0.25) is 14.0 Å². The third-order valence-electron chi connectivity index (χ3n) is 4.37. The Kier molecular flexibility index (Phi) is 6.14. The molecule has 0 saturated carbocycles. The summed E-state index contributed by atoms with van der Waals surface area (Å²) in [6.45, 7) is 8.81. The topological polar surface area (TPSA) is 69.9 Å². The SMILES string of the molecule is CCOC(=O)Cc1cn2c(C=O)c(-c3cc(C(C)C)ccc3OCC)nc2s1. The second-order valence-corrected chi connectivity index (χ2v) is 7.73. The van der Waals surface area contributed by atoms with Gasteiger partial charge >= 0.3 is 5.97 Å². The van der Waals surface area contributed by atoms with Gasteiger partial charge in [-0.15, -0.1) is 11.3 Å². The predicted molar refractivity (Wildman–Crippen MR) is 109 cm³/mol. The van der Waals surface area contributed by atoms with Crippen LogP contribution in [0.4, 0.5) is 0 Å². The largest absolute Gasteiger partial charge is 0.493 e. The first kappa shape index (κ1) is 20.1. The molecular weight excluding hydrogens is 376 g/mol. The number of rotatable bonds is 8. The molecule has 0 amide bonds. The third-order valence-corrected chi connectivity index (χ3v) is 5.35. The number of benzene rings is 1. The van der Waals surface area contributed by atoms with Gasteiger partial charge in [0.25, 0.3) is 0 Å². The molecule has 0 spiro atoms. The molecule has 0 aliphatic rings. The van der Waals surface area contributed by atoms with Crippen LogP contribution in [0.1, 0.15) is 54.5 Å². The molecule has 7 heteroatoms. The van der Waals surface area contributed by atoms with Crippen molar-refractivity contribution in [1.82, 2.24) is 9.38 Å². The Morgan fingerprint density at radius 2 is 2.07 bits per heavy atom. The van der Waals surface area contributed by atoms with Gasteiger partial charge in [-0.1, -0.05) is 19.9 Å². The van der Waals surface area contributed by atoms with E-state index in [0.717, 1.165) is 22.3 Å². The van der Waals surface area contributed by atoms with Crippen LogP contribution in [0.15, 0.2) is 24.4 Å². The minimum Gasteiger partial charge on any atom is -0.493 e. The molecule has 0 fully saturated rings. The molecule has 0 aliphatic carbocycles. The highest BCUT2D eigenvalue weighted by Gasteiger charge is 2.21. The predicted octanol–water partition coefficient (Wildman–Crippen LogP) is 4.50. The van der Waals surface area contributed by atoms with E-state index in [1.807, 2.05) is 25.1 Å². The number of carbonyl (C=O) groups excluding carboxylic acids is 2. The van der Waals surface area contributed by atoms with Crippen LogP contribution in [0.25, 0.3) is 16.2 Å². The number of aromatic nitrogens is 2. The lowest BCUT2D eigenvalue weighted by Crippen LogP contribution is -2.06. The molecule has 0 aliphatic heterocycles. The maximum atomic E-state index is 11.9. The van der Waals surface area contributed by atoms with Crippen LogP contribution < -0.4 is 4.74 Å². The number of hydrogen-bond acceptors (Lipinski definition) is 6. The highest BCUT2D eigenvalue weighted by atomic mass is 32.1. The van der Waals surface area contributed by atoms with Crippen LogP contribution in [0.5, 0.6) is 5.75 Å². The minimum atomic E-state index is -0.289. The van der Waals surface area contributed by atoms with Crippen LogP contribution >= 0.6 is 11.3 Å². The number of thiazole rings is 1. The van der Waals surface area contributed by atoms with Gasteiger partial charge in [0.1, 0.15) is 17.1 Å². The average molecular weight is 401 g/mol. The number of esters is 1. The lowest BCUT2D eigenvalue weighted by atomic mass is 9.98. The fourth-order valence-corrected chi connectivity index (χ4v) is 4.00. The molecular formula is C21H24N2O4S. The number of aldehydes is 1. The Morgan fingerprint density at radius 3 is 2.71 bits per heavy atom. The van der Waals surface area contributed by atoms with E-state index in [-0.39, 0.29) is 12.4 Å². The summed E-state index contributed by atoms with van der Waals surface area (Å²) in [7, 11) is 0. The van der Waals surface area contributed by atoms with E-state index in [1.165, 1.54) is 11.3 Å². The van der Waals surface area contributed by atoms with Crippen LogP contribution in [0, 0.1) is 0 Å². The van der Waals surface area contributed by atoms with Crippen molar-refractivity contribution in [3.8, 4) is 17.0 Å². The Morgan fingerprint density at radius 1 is 1.29 bits per heavy atom. The van der Waals surface area contributed by atoms with Crippen LogP contribution in [-0.4, -0.2) is 34.9 Å². The highest BCUT2D eigenvalue weighted by Crippen LogP contribution is 2.36. The second-order valence-electron chi connectivity index (χ2n) is 6.64. The van der Waals surface area contributed by atoms with E-state index in [4.69, 9.17) is 9.47 Å². The molecule has 1 aromatic carbocycles. The zero-order chi connectivity index (χ0) is 20.3. The first-order chi connectivity index (χ1) is 13.5. The van der Waals surface area contributed by atoms with Crippen molar-refractivity contribution in [3.05, 3.63) is 40.5 Å². The summed E-state index contributed by atoms with van der Waals surface area (Å²) in [6.07, 6.45) is 2.75. The van der Waals surface area contributed by atoms with E-state index < -0.39 is 0 Å². The lowest BCUT2D eigenvalue weighted by Gasteiger charge is -2.13. The standard InChI is InChI=1S/C21H24N2O4S/c1-5-26-18-8-7-14(13(3)4)9-16(18)20-17(12-24)23-11-15(28-21(23)22-20)10-19(25)27-6-2/h7-9,11-13H,5-6,10H2,1-4H3. The number of nitrogens with zero attached hydrogens (tertiary/aromatic N) is 2. The van der Waals surface area contributed by atoms with Crippen molar-refractivity contribution in [3.63, 3.8) is 0 Å². The summed E-state index contributed by atoms with van der Waals surface area (Å²) < 4.78 is 12.5. The number of ether oxygens (including phenoxy) is 2. The molecule has 0 radical (unpaired) electrons. The third kappa shape index (κ3) is 3.94. The van der Waals surface area contributed by atoms with E-state index in [1.54, 1.807) is 17.5 Å². The van der Waals surface area contributed by atoms with E-state index in [9.17, 15) is 9.59 Å². The van der Waals surface area contributed by atoms with Gasteiger partial charge in [0.05, 0.1) is 19.6 Å². The Bertz CT molecular complexity index is 1000. The molecule has 0 bridgehead atoms. The molecule has 28 heavy (non-hydrogen) atoms. The van der Waals surface area contributed by atoms with E-state index in [2.05, 4.69) is 18.8 Å². The van der Waals surface area contributed by atoms with Gasteiger partial charge in [0.2, 0.25) is 0 Å². The van der Waals surface area contributed by atoms with Crippen molar-refractivity contribution in [2.45, 2.75) is 40.0 Å². The molecule has 0 N–H and O–H groups in total. The number of fused-ring (bicyclic) bond motifs is 1. The molecule has 3 aromatic rings. The number of carbonyl (C=O) groups is 2. The van der Waals surface area contributed by atoms with Gasteiger partial charge in [-0.25, -0.2) is 4.98 Å².